The molecule has 0 amide bonds. The number of nitrogens with zero attached hydrogens (tertiary/aromatic N) is 2. The van der Waals surface area contributed by atoms with Crippen molar-refractivity contribution < 1.29 is 23.1 Å². The summed E-state index contributed by atoms with van der Waals surface area (Å²) in [5, 5.41) is 9.23. The monoisotopic (exact) mass is 378 g/mol. The third-order valence-corrected chi connectivity index (χ3v) is 10.4. The van der Waals surface area contributed by atoms with Gasteiger partial charge in [0.05, 0.1) is 0 Å². The molecule has 144 valence electrons. The van der Waals surface area contributed by atoms with Crippen LogP contribution in [0.2, 0.25) is 18.1 Å². The zero-order chi connectivity index (χ0) is 19.2. The molecule has 0 aromatic carbocycles. The molecular formula is C15H26F2N3O4Si-. The Morgan fingerprint density at radius 1 is 1.48 bits per heavy atom. The molecule has 0 bridgehead atoms. The number of rotatable bonds is 4. The van der Waals surface area contributed by atoms with E-state index in [-0.39, 0.29) is 10.9 Å². The van der Waals surface area contributed by atoms with Crippen LogP contribution in [0.5, 0.6) is 0 Å². The number of aliphatic hydroxyl groups is 1. The Balaban J connectivity index is 2.41. The van der Waals surface area contributed by atoms with Crippen LogP contribution in [0.15, 0.2) is 17.1 Å². The topological polar surface area (TPSA) is 99.6 Å². The Bertz CT molecular complexity index is 690. The van der Waals surface area contributed by atoms with Crippen LogP contribution < -0.4 is 11.4 Å². The Labute approximate surface area is 145 Å². The van der Waals surface area contributed by atoms with Gasteiger partial charge >= 0.3 is 145 Å². The third kappa shape index (κ3) is 3.62. The standard InChI is InChI=1S/C15H26F2N3O4Si/c1-14(2,3)25(4,5)24-11-9(8-21)23-12(15(11,16)17)20-7-6-10(18)19-13(20)22/h6-7,9,11-12,21,25H,8H2,1-5H3,(H2,18,19,22)/q-1/t9-,11-,12-/m1/s1. The van der Waals surface area contributed by atoms with E-state index in [9.17, 15) is 9.90 Å². The van der Waals surface area contributed by atoms with Crippen LogP contribution in [0, 0.1) is 0 Å². The van der Waals surface area contributed by atoms with Crippen LogP contribution >= 0.6 is 0 Å². The van der Waals surface area contributed by atoms with E-state index >= 15 is 8.78 Å². The molecule has 1 aromatic heterocycles. The molecule has 3 N–H and O–H groups in total. The summed E-state index contributed by atoms with van der Waals surface area (Å²) in [5.41, 5.74) is 4.45. The Hall–Kier alpha value is -1.36. The number of aromatic nitrogens is 2. The van der Waals surface area contributed by atoms with E-state index in [1.54, 1.807) is 0 Å². The third-order valence-electron chi connectivity index (χ3n) is 5.21. The molecule has 1 aromatic rings. The van der Waals surface area contributed by atoms with Crippen molar-refractivity contribution in [2.24, 2.45) is 0 Å². The van der Waals surface area contributed by atoms with Gasteiger partial charge in [-0.15, -0.1) is 0 Å². The molecule has 1 saturated heterocycles. The van der Waals surface area contributed by atoms with Crippen LogP contribution in [0.4, 0.5) is 14.6 Å². The molecular weight excluding hydrogens is 352 g/mol. The molecule has 10 heteroatoms. The van der Waals surface area contributed by atoms with Gasteiger partial charge in [-0.2, -0.15) is 0 Å². The van der Waals surface area contributed by atoms with Gasteiger partial charge in [0.1, 0.15) is 0 Å². The number of alkyl halides is 2. The van der Waals surface area contributed by atoms with Gasteiger partial charge < -0.3 is 0 Å². The van der Waals surface area contributed by atoms with E-state index in [0.29, 0.717) is 4.57 Å². The van der Waals surface area contributed by atoms with Crippen molar-refractivity contribution in [3.8, 4) is 0 Å². The number of hydrogen-bond donors (Lipinski definition) is 2. The van der Waals surface area contributed by atoms with Crippen molar-refractivity contribution >= 4 is 14.1 Å². The molecule has 1 aliphatic rings. The number of aliphatic hydroxyl groups excluding tert-OH is 1. The van der Waals surface area contributed by atoms with E-state index < -0.39 is 45.0 Å². The average Bonchev–Trinajstić information content (AvgIpc) is 2.69. The Morgan fingerprint density at radius 3 is 2.56 bits per heavy atom. The number of nitrogens with two attached hydrogens (primary N) is 1. The van der Waals surface area contributed by atoms with Crippen LogP contribution in [-0.4, -0.2) is 47.7 Å². The first-order chi connectivity index (χ1) is 11.3. The number of ether oxygens (including phenoxy) is 1. The molecule has 0 aliphatic carbocycles. The van der Waals surface area contributed by atoms with Crippen LogP contribution in [0.25, 0.3) is 0 Å². The number of anilines is 1. The minimum absolute atomic E-state index is 0.0724. The summed E-state index contributed by atoms with van der Waals surface area (Å²) < 4.78 is 41.9. The maximum absolute atomic E-state index is 15.0. The normalized spacial score (nSPS) is 27.4. The van der Waals surface area contributed by atoms with Gasteiger partial charge in [0, 0.05) is 0 Å². The van der Waals surface area contributed by atoms with Crippen LogP contribution in [-0.2, 0) is 9.16 Å². The zero-order valence-corrected chi connectivity index (χ0v) is 16.2. The second-order valence-electron chi connectivity index (χ2n) is 8.09. The first kappa shape index (κ1) is 20.0. The molecule has 1 aliphatic heterocycles. The molecule has 25 heavy (non-hydrogen) atoms. The van der Waals surface area contributed by atoms with E-state index in [1.807, 2.05) is 33.9 Å². The predicted molar refractivity (Wildman–Crippen MR) is 92.3 cm³/mol. The van der Waals surface area contributed by atoms with Crippen LogP contribution in [0.1, 0.15) is 27.0 Å². The quantitative estimate of drug-likeness (QED) is 0.770. The van der Waals surface area contributed by atoms with Crippen molar-refractivity contribution in [2.75, 3.05) is 12.3 Å². The van der Waals surface area contributed by atoms with Gasteiger partial charge in [0.2, 0.25) is 0 Å². The Kier molecular flexibility index (Phi) is 5.12. The van der Waals surface area contributed by atoms with Gasteiger partial charge in [-0.3, -0.25) is 0 Å². The van der Waals surface area contributed by atoms with Crippen molar-refractivity contribution in [1.29, 1.82) is 0 Å². The molecule has 2 heterocycles. The van der Waals surface area contributed by atoms with E-state index in [0.717, 1.165) is 6.20 Å². The number of nitrogen functional groups attached to an aromatic ring is 1. The van der Waals surface area contributed by atoms with Crippen molar-refractivity contribution in [3.05, 3.63) is 22.7 Å². The van der Waals surface area contributed by atoms with Gasteiger partial charge in [0.15, 0.2) is 0 Å². The summed E-state index contributed by atoms with van der Waals surface area (Å²) in [5.74, 6) is -3.59. The second kappa shape index (κ2) is 6.42. The Morgan fingerprint density at radius 2 is 2.08 bits per heavy atom. The molecule has 0 radical (unpaired) electrons. The molecule has 1 fully saturated rings. The van der Waals surface area contributed by atoms with E-state index in [2.05, 4.69) is 4.98 Å². The molecule has 0 unspecified atom stereocenters. The summed E-state index contributed by atoms with van der Waals surface area (Å²) in [6, 6.07) is 1.23. The van der Waals surface area contributed by atoms with E-state index in [4.69, 9.17) is 14.9 Å². The summed E-state index contributed by atoms with van der Waals surface area (Å²) in [6.07, 6.45) is -3.70. The zero-order valence-electron chi connectivity index (χ0n) is 15.1. The average molecular weight is 378 g/mol. The fourth-order valence-electron chi connectivity index (χ4n) is 2.46. The summed E-state index contributed by atoms with van der Waals surface area (Å²) >= 11 is 0. The molecule has 0 saturated carbocycles. The fraction of sp³-hybridized carbons (Fsp3) is 0.733. The van der Waals surface area contributed by atoms with E-state index in [1.165, 1.54) is 6.07 Å². The molecule has 3 atom stereocenters. The first-order valence-electron chi connectivity index (χ1n) is 8.20. The van der Waals surface area contributed by atoms with Gasteiger partial charge in [-0.25, -0.2) is 0 Å². The van der Waals surface area contributed by atoms with Gasteiger partial charge in [-0.05, 0) is 0 Å². The van der Waals surface area contributed by atoms with Crippen molar-refractivity contribution in [1.82, 2.24) is 9.55 Å². The predicted octanol–water partition coefficient (Wildman–Crippen LogP) is 1.47. The van der Waals surface area contributed by atoms with Gasteiger partial charge in [-0.1, -0.05) is 0 Å². The van der Waals surface area contributed by atoms with Gasteiger partial charge in [0.25, 0.3) is 0 Å². The minimum atomic E-state index is -3.52. The summed E-state index contributed by atoms with van der Waals surface area (Å²) in [6.45, 7) is 8.89. The molecule has 2 rings (SSSR count). The second-order valence-corrected chi connectivity index (χ2v) is 13.6. The molecule has 0 spiro atoms. The fourth-order valence-corrected chi connectivity index (χ4v) is 3.96. The van der Waals surface area contributed by atoms with Crippen LogP contribution in [0.3, 0.4) is 0 Å². The SMILES string of the molecule is CC(C)(C)[SiH-](C)(C)O[C@@H]1[C@@H](CO)O[C@@H](n2ccc(N)nc2=O)C1(F)F. The van der Waals surface area contributed by atoms with Crippen molar-refractivity contribution in [3.63, 3.8) is 0 Å². The molecule has 7 nitrogen and oxygen atoms in total. The number of hydrogen-bond acceptors (Lipinski definition) is 6. The number of halogens is 2. The maximum atomic E-state index is 15.0. The van der Waals surface area contributed by atoms with Crippen molar-refractivity contribution in [2.45, 2.75) is 63.3 Å². The summed E-state index contributed by atoms with van der Waals surface area (Å²) in [4.78, 5) is 15.4. The summed E-state index contributed by atoms with van der Waals surface area (Å²) in [7, 11) is -2.89. The first-order valence-corrected chi connectivity index (χ1v) is 11.6.